The Morgan fingerprint density at radius 3 is 2.72 bits per heavy atom. The van der Waals surface area contributed by atoms with E-state index in [0.717, 1.165) is 40.8 Å². The zero-order chi connectivity index (χ0) is 17.1. The van der Waals surface area contributed by atoms with Crippen molar-refractivity contribution in [3.63, 3.8) is 0 Å². The number of rotatable bonds is 4. The second-order valence-corrected chi connectivity index (χ2v) is 6.63. The van der Waals surface area contributed by atoms with Crippen molar-refractivity contribution in [1.29, 1.82) is 0 Å². The predicted molar refractivity (Wildman–Crippen MR) is 103 cm³/mol. The minimum Gasteiger partial charge on any atom is -0.377 e. The Bertz CT molecular complexity index is 849. The highest BCUT2D eigenvalue weighted by atomic mass is 15.0. The van der Waals surface area contributed by atoms with E-state index < -0.39 is 0 Å². The summed E-state index contributed by atoms with van der Waals surface area (Å²) in [6.45, 7) is 0. The van der Waals surface area contributed by atoms with Crippen LogP contribution in [0, 0.1) is 0 Å². The molecular weight excluding hydrogens is 310 g/mol. The topological polar surface area (TPSA) is 75.9 Å². The second kappa shape index (κ2) is 7.07. The molecule has 128 valence electrons. The Kier molecular flexibility index (Phi) is 4.48. The molecule has 2 aromatic heterocycles. The number of nitrogens with zero attached hydrogens (tertiary/aromatic N) is 2. The van der Waals surface area contributed by atoms with E-state index in [-0.39, 0.29) is 12.1 Å². The van der Waals surface area contributed by atoms with Gasteiger partial charge in [-0.15, -0.1) is 0 Å². The molecule has 2 unspecified atom stereocenters. The van der Waals surface area contributed by atoms with Crippen LogP contribution in [0.1, 0.15) is 25.7 Å². The summed E-state index contributed by atoms with van der Waals surface area (Å²) in [5, 5.41) is 8.27. The van der Waals surface area contributed by atoms with Gasteiger partial charge in [-0.25, -0.2) is 0 Å². The summed E-state index contributed by atoms with van der Waals surface area (Å²) in [4.78, 5) is 8.80. The standard InChI is InChI=1S/C20H23N5/c21-16-7-1-2-8-17(16)25-20-18(24-15-6-4-11-22-13-15)10-9-14-5-3-12-23-19(14)20/h3-6,9-13,16-17,24-25H,1-2,7-8,21H2. The van der Waals surface area contributed by atoms with E-state index in [1.807, 2.05) is 30.6 Å². The monoisotopic (exact) mass is 333 g/mol. The van der Waals surface area contributed by atoms with Gasteiger partial charge in [0.1, 0.15) is 0 Å². The van der Waals surface area contributed by atoms with Crippen molar-refractivity contribution >= 4 is 28.0 Å². The smallest absolute Gasteiger partial charge is 0.0954 e. The van der Waals surface area contributed by atoms with Gasteiger partial charge < -0.3 is 16.4 Å². The van der Waals surface area contributed by atoms with Crippen molar-refractivity contribution in [2.75, 3.05) is 10.6 Å². The van der Waals surface area contributed by atoms with Gasteiger partial charge in [-0.3, -0.25) is 9.97 Å². The van der Waals surface area contributed by atoms with Gasteiger partial charge >= 0.3 is 0 Å². The molecule has 25 heavy (non-hydrogen) atoms. The van der Waals surface area contributed by atoms with Crippen molar-refractivity contribution in [1.82, 2.24) is 9.97 Å². The maximum absolute atomic E-state index is 6.36. The van der Waals surface area contributed by atoms with E-state index >= 15 is 0 Å². The van der Waals surface area contributed by atoms with Crippen LogP contribution in [0.2, 0.25) is 0 Å². The van der Waals surface area contributed by atoms with E-state index in [4.69, 9.17) is 5.73 Å². The SMILES string of the molecule is NC1CCCCC1Nc1c(Nc2cccnc2)ccc2cccnc12. The molecule has 1 aliphatic rings. The number of pyridine rings is 2. The lowest BCUT2D eigenvalue weighted by Gasteiger charge is -2.31. The highest BCUT2D eigenvalue weighted by molar-refractivity contribution is 5.98. The van der Waals surface area contributed by atoms with Gasteiger partial charge in [0, 0.05) is 29.9 Å². The number of nitrogens with one attached hydrogen (secondary N) is 2. The molecule has 5 heteroatoms. The summed E-state index contributed by atoms with van der Waals surface area (Å²) in [6, 6.07) is 12.6. The minimum absolute atomic E-state index is 0.180. The number of anilines is 3. The first kappa shape index (κ1) is 15.8. The van der Waals surface area contributed by atoms with E-state index in [9.17, 15) is 0 Å². The maximum atomic E-state index is 6.36. The largest absolute Gasteiger partial charge is 0.377 e. The zero-order valence-electron chi connectivity index (χ0n) is 14.2. The summed E-state index contributed by atoms with van der Waals surface area (Å²) >= 11 is 0. The number of benzene rings is 1. The van der Waals surface area contributed by atoms with Gasteiger partial charge in [-0.2, -0.15) is 0 Å². The Morgan fingerprint density at radius 2 is 1.88 bits per heavy atom. The van der Waals surface area contributed by atoms with E-state index in [2.05, 4.69) is 38.8 Å². The third-order valence-electron chi connectivity index (χ3n) is 4.86. The van der Waals surface area contributed by atoms with E-state index in [0.29, 0.717) is 0 Å². The van der Waals surface area contributed by atoms with E-state index in [1.165, 1.54) is 12.8 Å². The number of nitrogens with two attached hydrogens (primary N) is 1. The first-order valence-electron chi connectivity index (χ1n) is 8.88. The van der Waals surface area contributed by atoms with Crippen LogP contribution in [-0.2, 0) is 0 Å². The molecule has 0 saturated heterocycles. The van der Waals surface area contributed by atoms with Crippen molar-refractivity contribution in [3.05, 3.63) is 55.0 Å². The fraction of sp³-hybridized carbons (Fsp3) is 0.300. The molecule has 0 amide bonds. The number of hydrogen-bond acceptors (Lipinski definition) is 5. The number of hydrogen-bond donors (Lipinski definition) is 3. The van der Waals surface area contributed by atoms with Gasteiger partial charge in [-0.1, -0.05) is 25.0 Å². The molecule has 1 fully saturated rings. The van der Waals surface area contributed by atoms with Crippen molar-refractivity contribution in [2.45, 2.75) is 37.8 Å². The maximum Gasteiger partial charge on any atom is 0.0954 e. The zero-order valence-corrected chi connectivity index (χ0v) is 14.2. The molecule has 4 N–H and O–H groups in total. The fourth-order valence-electron chi connectivity index (χ4n) is 3.51. The van der Waals surface area contributed by atoms with Gasteiger partial charge in [-0.05, 0) is 37.1 Å². The summed E-state index contributed by atoms with van der Waals surface area (Å²) < 4.78 is 0. The molecule has 1 aliphatic carbocycles. The quantitative estimate of drug-likeness (QED) is 0.671. The van der Waals surface area contributed by atoms with Crippen LogP contribution < -0.4 is 16.4 Å². The highest BCUT2D eigenvalue weighted by Crippen LogP contribution is 2.34. The van der Waals surface area contributed by atoms with Crippen molar-refractivity contribution in [3.8, 4) is 0 Å². The first-order chi connectivity index (χ1) is 12.3. The normalized spacial score (nSPS) is 20.4. The molecule has 0 spiro atoms. The van der Waals surface area contributed by atoms with Crippen molar-refractivity contribution < 1.29 is 0 Å². The molecule has 5 nitrogen and oxygen atoms in total. The average Bonchev–Trinajstić information content (AvgIpc) is 2.66. The van der Waals surface area contributed by atoms with Gasteiger partial charge in [0.05, 0.1) is 28.8 Å². The van der Waals surface area contributed by atoms with Crippen LogP contribution in [-0.4, -0.2) is 22.1 Å². The van der Waals surface area contributed by atoms with Crippen molar-refractivity contribution in [2.24, 2.45) is 5.73 Å². The highest BCUT2D eigenvalue weighted by Gasteiger charge is 2.23. The Labute approximate surface area is 147 Å². The minimum atomic E-state index is 0.180. The molecule has 0 aliphatic heterocycles. The Hall–Kier alpha value is -2.66. The molecule has 0 radical (unpaired) electrons. The molecule has 4 rings (SSSR count). The van der Waals surface area contributed by atoms with Gasteiger partial charge in [0.25, 0.3) is 0 Å². The lowest BCUT2D eigenvalue weighted by molar-refractivity contribution is 0.404. The third-order valence-corrected chi connectivity index (χ3v) is 4.86. The average molecular weight is 333 g/mol. The number of fused-ring (bicyclic) bond motifs is 1. The molecule has 2 heterocycles. The third kappa shape index (κ3) is 3.42. The molecule has 0 bridgehead atoms. The molecule has 2 atom stereocenters. The number of aromatic nitrogens is 2. The Balaban J connectivity index is 1.74. The lowest BCUT2D eigenvalue weighted by Crippen LogP contribution is -2.42. The summed E-state index contributed by atoms with van der Waals surface area (Å²) in [5.74, 6) is 0. The predicted octanol–water partition coefficient (Wildman–Crippen LogP) is 4.06. The van der Waals surface area contributed by atoms with Crippen LogP contribution in [0.3, 0.4) is 0 Å². The summed E-state index contributed by atoms with van der Waals surface area (Å²) in [6.07, 6.45) is 10.0. The van der Waals surface area contributed by atoms with Gasteiger partial charge in [0.15, 0.2) is 0 Å². The Morgan fingerprint density at radius 1 is 1.00 bits per heavy atom. The first-order valence-corrected chi connectivity index (χ1v) is 8.88. The second-order valence-electron chi connectivity index (χ2n) is 6.63. The lowest BCUT2D eigenvalue weighted by atomic mass is 9.90. The molecule has 1 aromatic carbocycles. The van der Waals surface area contributed by atoms with Crippen LogP contribution in [0.25, 0.3) is 10.9 Å². The van der Waals surface area contributed by atoms with Crippen LogP contribution >= 0.6 is 0 Å². The molecular formula is C20H23N5. The summed E-state index contributed by atoms with van der Waals surface area (Å²) in [5.41, 5.74) is 10.3. The molecule has 3 aromatic rings. The molecule has 1 saturated carbocycles. The fourth-order valence-corrected chi connectivity index (χ4v) is 3.51. The van der Waals surface area contributed by atoms with Crippen LogP contribution in [0.15, 0.2) is 55.0 Å². The van der Waals surface area contributed by atoms with Crippen LogP contribution in [0.5, 0.6) is 0 Å². The van der Waals surface area contributed by atoms with Gasteiger partial charge in [0.2, 0.25) is 0 Å². The summed E-state index contributed by atoms with van der Waals surface area (Å²) in [7, 11) is 0. The van der Waals surface area contributed by atoms with E-state index in [1.54, 1.807) is 6.20 Å². The van der Waals surface area contributed by atoms with Crippen LogP contribution in [0.4, 0.5) is 17.1 Å².